The van der Waals surface area contributed by atoms with Gasteiger partial charge in [0.15, 0.2) is 0 Å². The normalized spacial score (nSPS) is 10.4. The van der Waals surface area contributed by atoms with Gasteiger partial charge in [-0.05, 0) is 26.0 Å². The summed E-state index contributed by atoms with van der Waals surface area (Å²) >= 11 is 0. The minimum absolute atomic E-state index is 0.0240. The van der Waals surface area contributed by atoms with E-state index >= 15 is 0 Å². The molecule has 0 spiro atoms. The van der Waals surface area contributed by atoms with Crippen LogP contribution in [0.25, 0.3) is 0 Å². The first-order valence-electron chi connectivity index (χ1n) is 5.97. The fourth-order valence-corrected chi connectivity index (χ4v) is 1.63. The summed E-state index contributed by atoms with van der Waals surface area (Å²) in [4.78, 5) is 15.7. The molecule has 0 unspecified atom stereocenters. The Kier molecular flexibility index (Phi) is 3.97. The van der Waals surface area contributed by atoms with Crippen molar-refractivity contribution in [1.29, 1.82) is 0 Å². The van der Waals surface area contributed by atoms with Crippen molar-refractivity contribution < 1.29 is 18.0 Å². The third-order valence-corrected chi connectivity index (χ3v) is 2.50. The summed E-state index contributed by atoms with van der Waals surface area (Å²) in [6, 6.07) is 1.88. The van der Waals surface area contributed by atoms with Gasteiger partial charge in [0.1, 0.15) is 23.6 Å². The van der Waals surface area contributed by atoms with E-state index in [4.69, 9.17) is 4.42 Å². The summed E-state index contributed by atoms with van der Waals surface area (Å²) < 4.78 is 32.3. The SMILES string of the molecule is CCNc1c(F)cc(C(=O)Nc2nc(C)co2)cc1F. The maximum Gasteiger partial charge on any atom is 0.301 e. The summed E-state index contributed by atoms with van der Waals surface area (Å²) in [5.74, 6) is -2.37. The number of nitrogens with zero attached hydrogens (tertiary/aromatic N) is 1. The molecule has 106 valence electrons. The zero-order valence-corrected chi connectivity index (χ0v) is 11.0. The van der Waals surface area contributed by atoms with Crippen LogP contribution in [0.3, 0.4) is 0 Å². The van der Waals surface area contributed by atoms with Gasteiger partial charge < -0.3 is 9.73 Å². The van der Waals surface area contributed by atoms with E-state index in [1.807, 2.05) is 0 Å². The quantitative estimate of drug-likeness (QED) is 0.904. The van der Waals surface area contributed by atoms with Crippen molar-refractivity contribution >= 4 is 17.6 Å². The zero-order valence-electron chi connectivity index (χ0n) is 11.0. The van der Waals surface area contributed by atoms with Crippen molar-refractivity contribution in [3.63, 3.8) is 0 Å². The highest BCUT2D eigenvalue weighted by Gasteiger charge is 2.16. The molecule has 0 aliphatic carbocycles. The van der Waals surface area contributed by atoms with E-state index in [2.05, 4.69) is 15.6 Å². The van der Waals surface area contributed by atoms with Gasteiger partial charge >= 0.3 is 6.01 Å². The second-order valence-electron chi connectivity index (χ2n) is 4.09. The number of hydrogen-bond acceptors (Lipinski definition) is 4. The first-order chi connectivity index (χ1) is 9.51. The summed E-state index contributed by atoms with van der Waals surface area (Å²) in [6.07, 6.45) is 1.35. The zero-order chi connectivity index (χ0) is 14.7. The van der Waals surface area contributed by atoms with Crippen LogP contribution < -0.4 is 10.6 Å². The number of amides is 1. The number of benzene rings is 1. The second kappa shape index (κ2) is 5.68. The van der Waals surface area contributed by atoms with Crippen LogP contribution in [0.4, 0.5) is 20.5 Å². The predicted octanol–water partition coefficient (Wildman–Crippen LogP) is 2.95. The Balaban J connectivity index is 2.22. The van der Waals surface area contributed by atoms with Gasteiger partial charge in [0, 0.05) is 12.1 Å². The molecule has 0 bridgehead atoms. The largest absolute Gasteiger partial charge is 0.432 e. The number of rotatable bonds is 4. The molecule has 0 saturated carbocycles. The summed E-state index contributed by atoms with van der Waals surface area (Å²) in [6.45, 7) is 3.77. The van der Waals surface area contributed by atoms with Crippen molar-refractivity contribution in [1.82, 2.24) is 4.98 Å². The third kappa shape index (κ3) is 2.93. The van der Waals surface area contributed by atoms with E-state index in [0.29, 0.717) is 12.2 Å². The average molecular weight is 281 g/mol. The molecule has 2 rings (SSSR count). The highest BCUT2D eigenvalue weighted by atomic mass is 19.1. The Morgan fingerprint density at radius 1 is 1.35 bits per heavy atom. The van der Waals surface area contributed by atoms with Gasteiger partial charge in [0.2, 0.25) is 0 Å². The molecule has 7 heteroatoms. The van der Waals surface area contributed by atoms with Gasteiger partial charge in [-0.15, -0.1) is 0 Å². The standard InChI is InChI=1S/C13H13F2N3O2/c1-3-16-11-9(14)4-8(5-10(11)15)12(19)18-13-17-7(2)6-20-13/h4-6,16H,3H2,1-2H3,(H,17,18,19). The molecule has 2 N–H and O–H groups in total. The van der Waals surface area contributed by atoms with Gasteiger partial charge in [-0.25, -0.2) is 8.78 Å². The molecular weight excluding hydrogens is 268 g/mol. The van der Waals surface area contributed by atoms with E-state index in [9.17, 15) is 13.6 Å². The maximum atomic E-state index is 13.7. The minimum atomic E-state index is -0.833. The summed E-state index contributed by atoms with van der Waals surface area (Å²) in [5, 5.41) is 4.87. The summed E-state index contributed by atoms with van der Waals surface area (Å²) in [5.41, 5.74) is 0.175. The van der Waals surface area contributed by atoms with E-state index in [1.165, 1.54) is 6.26 Å². The van der Waals surface area contributed by atoms with Crippen LogP contribution in [0.2, 0.25) is 0 Å². The van der Waals surface area contributed by atoms with E-state index < -0.39 is 17.5 Å². The Morgan fingerprint density at radius 3 is 2.50 bits per heavy atom. The van der Waals surface area contributed by atoms with Crippen LogP contribution in [0.5, 0.6) is 0 Å². The van der Waals surface area contributed by atoms with Gasteiger partial charge in [-0.1, -0.05) is 0 Å². The highest BCUT2D eigenvalue weighted by Crippen LogP contribution is 2.21. The number of aryl methyl sites for hydroxylation is 1. The van der Waals surface area contributed by atoms with E-state index in [-0.39, 0.29) is 17.3 Å². The first kappa shape index (κ1) is 14.0. The molecule has 0 radical (unpaired) electrons. The molecular formula is C13H13F2N3O2. The Labute approximate surface area is 114 Å². The van der Waals surface area contributed by atoms with Crippen molar-refractivity contribution in [3.05, 3.63) is 41.3 Å². The average Bonchev–Trinajstić information content (AvgIpc) is 2.79. The number of hydrogen-bond donors (Lipinski definition) is 2. The topological polar surface area (TPSA) is 67.2 Å². The van der Waals surface area contributed by atoms with Gasteiger partial charge in [-0.3, -0.25) is 10.1 Å². The second-order valence-corrected chi connectivity index (χ2v) is 4.09. The lowest BCUT2D eigenvalue weighted by molar-refractivity contribution is 0.102. The van der Waals surface area contributed by atoms with Crippen LogP contribution in [0.1, 0.15) is 23.0 Å². The lowest BCUT2D eigenvalue weighted by Crippen LogP contribution is -2.14. The van der Waals surface area contributed by atoms with Crippen LogP contribution in [0.15, 0.2) is 22.8 Å². The minimum Gasteiger partial charge on any atom is -0.432 e. The number of aromatic nitrogens is 1. The molecule has 5 nitrogen and oxygen atoms in total. The van der Waals surface area contributed by atoms with Crippen LogP contribution in [-0.2, 0) is 0 Å². The number of carbonyl (C=O) groups excluding carboxylic acids is 1. The van der Waals surface area contributed by atoms with Crippen LogP contribution >= 0.6 is 0 Å². The lowest BCUT2D eigenvalue weighted by atomic mass is 10.1. The Hall–Kier alpha value is -2.44. The number of nitrogens with one attached hydrogen (secondary N) is 2. The molecule has 2 aromatic rings. The smallest absolute Gasteiger partial charge is 0.301 e. The highest BCUT2D eigenvalue weighted by molar-refractivity contribution is 6.03. The molecule has 1 aromatic carbocycles. The van der Waals surface area contributed by atoms with Gasteiger partial charge in [0.25, 0.3) is 5.91 Å². The number of carbonyl (C=O) groups is 1. The van der Waals surface area contributed by atoms with Crippen molar-refractivity contribution in [2.75, 3.05) is 17.2 Å². The molecule has 0 saturated heterocycles. The molecule has 1 amide bonds. The van der Waals surface area contributed by atoms with Crippen molar-refractivity contribution in [3.8, 4) is 0 Å². The predicted molar refractivity (Wildman–Crippen MR) is 69.7 cm³/mol. The van der Waals surface area contributed by atoms with Crippen LogP contribution in [-0.4, -0.2) is 17.4 Å². The molecule has 0 fully saturated rings. The van der Waals surface area contributed by atoms with Crippen molar-refractivity contribution in [2.45, 2.75) is 13.8 Å². The van der Waals surface area contributed by atoms with E-state index in [0.717, 1.165) is 12.1 Å². The van der Waals surface area contributed by atoms with Gasteiger partial charge in [0.05, 0.1) is 5.69 Å². The fourth-order valence-electron chi connectivity index (χ4n) is 1.63. The molecule has 1 aromatic heterocycles. The molecule has 0 aliphatic rings. The lowest BCUT2D eigenvalue weighted by Gasteiger charge is -2.08. The van der Waals surface area contributed by atoms with E-state index in [1.54, 1.807) is 13.8 Å². The monoisotopic (exact) mass is 281 g/mol. The Bertz CT molecular complexity index is 617. The molecule has 1 heterocycles. The number of anilines is 2. The Morgan fingerprint density at radius 2 is 2.00 bits per heavy atom. The fraction of sp³-hybridized carbons (Fsp3) is 0.231. The van der Waals surface area contributed by atoms with Gasteiger partial charge in [-0.2, -0.15) is 4.98 Å². The van der Waals surface area contributed by atoms with Crippen molar-refractivity contribution in [2.24, 2.45) is 0 Å². The maximum absolute atomic E-state index is 13.7. The molecule has 0 atom stereocenters. The number of oxazole rings is 1. The summed E-state index contributed by atoms with van der Waals surface area (Å²) in [7, 11) is 0. The number of halogens is 2. The third-order valence-electron chi connectivity index (χ3n) is 2.50. The molecule has 20 heavy (non-hydrogen) atoms. The first-order valence-corrected chi connectivity index (χ1v) is 5.97. The molecule has 0 aliphatic heterocycles. The van der Waals surface area contributed by atoms with Crippen LogP contribution in [0, 0.1) is 18.6 Å².